The molecule has 0 bridgehead atoms. The van der Waals surface area contributed by atoms with Crippen molar-refractivity contribution in [3.8, 4) is 0 Å². The SMILES string of the molecule is CC(C)CCCCNCCOCCOCCOCCCNC(=O)OC1CC[C@@]2(C)C(=CC[C@@H]3C2CC[C@@]2(C)C3CC[C@@H]2[C@H](C)CCCC(C)C)C1. The van der Waals surface area contributed by atoms with Gasteiger partial charge in [0.15, 0.2) is 0 Å². The Morgan fingerprint density at radius 1 is 0.745 bits per heavy atom. The van der Waals surface area contributed by atoms with Gasteiger partial charge in [0.2, 0.25) is 0 Å². The lowest BCUT2D eigenvalue weighted by molar-refractivity contribution is -0.0581. The number of amides is 1. The summed E-state index contributed by atoms with van der Waals surface area (Å²) in [6.07, 6.45) is 21.0. The number of hydrogen-bond acceptors (Lipinski definition) is 6. The van der Waals surface area contributed by atoms with Crippen molar-refractivity contribution in [1.82, 2.24) is 10.6 Å². The molecule has 2 N–H and O–H groups in total. The predicted molar refractivity (Wildman–Crippen MR) is 210 cm³/mol. The van der Waals surface area contributed by atoms with Crippen molar-refractivity contribution < 1.29 is 23.7 Å². The Hall–Kier alpha value is -1.15. The Balaban J connectivity index is 1.04. The molecule has 4 aliphatic rings. The third-order valence-electron chi connectivity index (χ3n) is 13.8. The Morgan fingerprint density at radius 3 is 2.20 bits per heavy atom. The van der Waals surface area contributed by atoms with Gasteiger partial charge in [0.05, 0.1) is 33.0 Å². The van der Waals surface area contributed by atoms with Crippen molar-refractivity contribution in [2.45, 2.75) is 151 Å². The quantitative estimate of drug-likeness (QED) is 0.0765. The van der Waals surface area contributed by atoms with Gasteiger partial charge in [-0.2, -0.15) is 0 Å². The first kappa shape index (κ1) is 42.6. The summed E-state index contributed by atoms with van der Waals surface area (Å²) in [6.45, 7) is 23.3. The van der Waals surface area contributed by atoms with Gasteiger partial charge in [-0.3, -0.25) is 0 Å². The molecule has 0 aliphatic heterocycles. The van der Waals surface area contributed by atoms with E-state index in [9.17, 15) is 4.79 Å². The third kappa shape index (κ3) is 12.7. The molecule has 0 heterocycles. The van der Waals surface area contributed by atoms with Gasteiger partial charge in [-0.1, -0.05) is 92.2 Å². The Bertz CT molecular complexity index is 1030. The summed E-state index contributed by atoms with van der Waals surface area (Å²) in [7, 11) is 0. The number of ether oxygens (including phenoxy) is 4. The van der Waals surface area contributed by atoms with Crippen molar-refractivity contribution in [1.29, 1.82) is 0 Å². The molecular weight excluding hydrogens is 636 g/mol. The average Bonchev–Trinajstić information content (AvgIpc) is 3.45. The zero-order valence-corrected chi connectivity index (χ0v) is 34.2. The third-order valence-corrected chi connectivity index (χ3v) is 13.8. The van der Waals surface area contributed by atoms with E-state index in [4.69, 9.17) is 18.9 Å². The van der Waals surface area contributed by atoms with Crippen LogP contribution in [0.1, 0.15) is 145 Å². The number of carbonyl (C=O) groups excluding carboxylic acids is 1. The minimum Gasteiger partial charge on any atom is -0.446 e. The maximum atomic E-state index is 12.7. The molecule has 3 fully saturated rings. The molecule has 7 heteroatoms. The van der Waals surface area contributed by atoms with E-state index in [0.717, 1.165) is 86.8 Å². The molecule has 0 aromatic heterocycles. The molecule has 4 aliphatic carbocycles. The van der Waals surface area contributed by atoms with Crippen LogP contribution in [0.3, 0.4) is 0 Å². The highest BCUT2D eigenvalue weighted by Gasteiger charge is 2.59. The molecule has 4 rings (SSSR count). The molecule has 0 aromatic carbocycles. The second kappa shape index (κ2) is 21.7. The van der Waals surface area contributed by atoms with Crippen LogP contribution in [-0.4, -0.2) is 71.5 Å². The van der Waals surface area contributed by atoms with Crippen molar-refractivity contribution >= 4 is 6.09 Å². The molecule has 8 atom stereocenters. The molecule has 1 amide bonds. The minimum atomic E-state index is -0.282. The number of carbonyl (C=O) groups is 1. The van der Waals surface area contributed by atoms with E-state index in [1.807, 2.05) is 0 Å². The van der Waals surface area contributed by atoms with Gasteiger partial charge in [-0.05, 0) is 117 Å². The van der Waals surface area contributed by atoms with Crippen molar-refractivity contribution in [3.05, 3.63) is 11.6 Å². The van der Waals surface area contributed by atoms with Crippen molar-refractivity contribution in [2.24, 2.45) is 52.3 Å². The Morgan fingerprint density at radius 2 is 1.45 bits per heavy atom. The number of nitrogens with one attached hydrogen (secondary N) is 2. The fraction of sp³-hybridized carbons (Fsp3) is 0.932. The fourth-order valence-electron chi connectivity index (χ4n) is 10.9. The highest BCUT2D eigenvalue weighted by Crippen LogP contribution is 2.67. The first-order valence-electron chi connectivity index (χ1n) is 21.6. The van der Waals surface area contributed by atoms with E-state index < -0.39 is 0 Å². The number of allylic oxidation sites excluding steroid dienone is 1. The standard InChI is InChI=1S/C44H80N2O5/c1-33(2)12-8-9-23-45-25-27-49-29-31-50-30-28-48-26-11-24-46-42(47)51-37-19-21-43(6)36(32-37)15-16-38-40-18-17-39(35(5)14-10-13-34(3)4)44(40,7)22-20-41(38)43/h15,33-35,37-41,45H,8-14,16-32H2,1-7H3,(H,46,47)/t35-,37?,38+,39-,40?,41?,43+,44-/m1/s1. The summed E-state index contributed by atoms with van der Waals surface area (Å²) in [6, 6.07) is 0. The maximum absolute atomic E-state index is 12.7. The Labute approximate surface area is 313 Å². The summed E-state index contributed by atoms with van der Waals surface area (Å²) in [4.78, 5) is 12.7. The molecular formula is C44H80N2O5. The summed E-state index contributed by atoms with van der Waals surface area (Å²) < 4.78 is 22.9. The van der Waals surface area contributed by atoms with Crippen molar-refractivity contribution in [3.63, 3.8) is 0 Å². The second-order valence-electron chi connectivity index (χ2n) is 18.3. The summed E-state index contributed by atoms with van der Waals surface area (Å²) in [5.41, 5.74) is 2.38. The summed E-state index contributed by atoms with van der Waals surface area (Å²) in [5.74, 6) is 5.88. The number of alkyl carbamates (subject to hydrolysis) is 1. The van der Waals surface area contributed by atoms with Crippen LogP contribution in [0.15, 0.2) is 11.6 Å². The van der Waals surface area contributed by atoms with E-state index in [2.05, 4.69) is 65.2 Å². The topological polar surface area (TPSA) is 78.0 Å². The largest absolute Gasteiger partial charge is 0.446 e. The lowest BCUT2D eigenvalue weighted by Crippen LogP contribution is -2.51. The second-order valence-corrected chi connectivity index (χ2v) is 18.3. The monoisotopic (exact) mass is 717 g/mol. The van der Waals surface area contributed by atoms with Crippen LogP contribution in [-0.2, 0) is 18.9 Å². The molecule has 296 valence electrons. The number of unbranched alkanes of at least 4 members (excludes halogenated alkanes) is 1. The zero-order chi connectivity index (χ0) is 36.7. The van der Waals surface area contributed by atoms with E-state index >= 15 is 0 Å². The predicted octanol–water partition coefficient (Wildman–Crippen LogP) is 9.98. The minimum absolute atomic E-state index is 0.00881. The molecule has 51 heavy (non-hydrogen) atoms. The van der Waals surface area contributed by atoms with E-state index in [-0.39, 0.29) is 17.6 Å². The van der Waals surface area contributed by atoms with Crippen LogP contribution >= 0.6 is 0 Å². The van der Waals surface area contributed by atoms with Crippen LogP contribution in [0.2, 0.25) is 0 Å². The van der Waals surface area contributed by atoms with Gasteiger partial charge in [0.1, 0.15) is 6.10 Å². The lowest BCUT2D eigenvalue weighted by atomic mass is 9.47. The highest BCUT2D eigenvalue weighted by molar-refractivity contribution is 5.67. The van der Waals surface area contributed by atoms with Crippen LogP contribution < -0.4 is 10.6 Å². The summed E-state index contributed by atoms with van der Waals surface area (Å²) in [5, 5.41) is 6.39. The average molecular weight is 717 g/mol. The number of rotatable bonds is 24. The normalized spacial score (nSPS) is 30.8. The first-order chi connectivity index (χ1) is 24.5. The van der Waals surface area contributed by atoms with Gasteiger partial charge in [0.25, 0.3) is 0 Å². The fourth-order valence-corrected chi connectivity index (χ4v) is 10.9. The molecule has 3 unspecified atom stereocenters. The van der Waals surface area contributed by atoms with Gasteiger partial charge in [-0.15, -0.1) is 0 Å². The lowest BCUT2D eigenvalue weighted by Gasteiger charge is -2.58. The van der Waals surface area contributed by atoms with Crippen LogP contribution in [0.4, 0.5) is 4.79 Å². The maximum Gasteiger partial charge on any atom is 0.407 e. The Kier molecular flexibility index (Phi) is 18.1. The van der Waals surface area contributed by atoms with Gasteiger partial charge < -0.3 is 29.6 Å². The molecule has 7 nitrogen and oxygen atoms in total. The smallest absolute Gasteiger partial charge is 0.407 e. The molecule has 0 radical (unpaired) electrons. The molecule has 0 spiro atoms. The zero-order valence-electron chi connectivity index (χ0n) is 34.2. The van der Waals surface area contributed by atoms with Crippen LogP contribution in [0.5, 0.6) is 0 Å². The highest BCUT2D eigenvalue weighted by atomic mass is 16.6. The van der Waals surface area contributed by atoms with Crippen LogP contribution in [0.25, 0.3) is 0 Å². The van der Waals surface area contributed by atoms with Crippen LogP contribution in [0, 0.1) is 52.3 Å². The van der Waals surface area contributed by atoms with E-state index in [0.29, 0.717) is 45.0 Å². The first-order valence-corrected chi connectivity index (χ1v) is 21.6. The van der Waals surface area contributed by atoms with E-state index in [1.165, 1.54) is 70.6 Å². The molecule has 0 aromatic rings. The van der Waals surface area contributed by atoms with Gasteiger partial charge >= 0.3 is 6.09 Å². The number of hydrogen-bond donors (Lipinski definition) is 2. The van der Waals surface area contributed by atoms with E-state index in [1.54, 1.807) is 5.57 Å². The van der Waals surface area contributed by atoms with Crippen molar-refractivity contribution in [2.75, 3.05) is 59.3 Å². The molecule has 0 saturated heterocycles. The number of fused-ring (bicyclic) bond motifs is 5. The summed E-state index contributed by atoms with van der Waals surface area (Å²) >= 11 is 0. The van der Waals surface area contributed by atoms with Gasteiger partial charge in [0, 0.05) is 26.1 Å². The molecule has 3 saturated carbocycles. The van der Waals surface area contributed by atoms with Gasteiger partial charge in [-0.25, -0.2) is 4.79 Å².